The van der Waals surface area contributed by atoms with Crippen LogP contribution in [0, 0.1) is 35.4 Å². The molecule has 3 aromatic heterocycles. The Morgan fingerprint density at radius 2 is 1.87 bits per heavy atom. The van der Waals surface area contributed by atoms with E-state index in [1.807, 2.05) is 38.8 Å². The van der Waals surface area contributed by atoms with Crippen molar-refractivity contribution in [3.05, 3.63) is 63.1 Å². The van der Waals surface area contributed by atoms with E-state index >= 15 is 0 Å². The van der Waals surface area contributed by atoms with E-state index in [1.165, 1.54) is 29.5 Å². The van der Waals surface area contributed by atoms with Crippen LogP contribution >= 0.6 is 0 Å². The van der Waals surface area contributed by atoms with Crippen LogP contribution in [0.25, 0.3) is 11.0 Å². The van der Waals surface area contributed by atoms with Crippen LogP contribution in [-0.2, 0) is 11.9 Å². The highest BCUT2D eigenvalue weighted by atomic mass is 19.1. The zero-order chi connectivity index (χ0) is 28.7. The van der Waals surface area contributed by atoms with Gasteiger partial charge in [-0.15, -0.1) is 0 Å². The van der Waals surface area contributed by atoms with Gasteiger partial charge < -0.3 is 14.3 Å². The maximum atomic E-state index is 13.3. The smallest absolute Gasteiger partial charge is 0.270 e. The minimum Gasteiger partial charge on any atom is -0.390 e. The monoisotopic (exact) mass is 531 g/mol. The van der Waals surface area contributed by atoms with Crippen LogP contribution in [0.2, 0.25) is 0 Å². The molecule has 1 fully saturated rings. The second kappa shape index (κ2) is 12.5. The second-order valence-corrected chi connectivity index (χ2v) is 10.5. The fraction of sp³-hybridized carbons (Fsp3) is 0.448. The Morgan fingerprint density at radius 1 is 1.18 bits per heavy atom. The van der Waals surface area contributed by atoms with Gasteiger partial charge in [-0.25, -0.2) is 9.37 Å². The molecule has 39 heavy (non-hydrogen) atoms. The van der Waals surface area contributed by atoms with Crippen molar-refractivity contribution in [2.24, 2.45) is 12.2 Å². The van der Waals surface area contributed by atoms with Gasteiger partial charge in [0.2, 0.25) is 0 Å². The molecule has 0 saturated heterocycles. The lowest BCUT2D eigenvalue weighted by molar-refractivity contribution is 0.00195. The Kier molecular flexibility index (Phi) is 9.37. The molecule has 9 nitrogen and oxygen atoms in total. The molecule has 0 unspecified atom stereocenters. The Morgan fingerprint density at radius 3 is 2.46 bits per heavy atom. The van der Waals surface area contributed by atoms with Gasteiger partial charge in [0.25, 0.3) is 5.56 Å². The van der Waals surface area contributed by atoms with Gasteiger partial charge in [0, 0.05) is 32.0 Å². The summed E-state index contributed by atoms with van der Waals surface area (Å²) in [5.41, 5.74) is 2.37. The van der Waals surface area contributed by atoms with Crippen LogP contribution in [0.1, 0.15) is 75.4 Å². The summed E-state index contributed by atoms with van der Waals surface area (Å²) in [6.07, 6.45) is 8.37. The SMILES string of the molecule is CN(c1c(C#N)c(=O)n(C)c2ccc(C#N)nc12)C1CCCCC1.Cc1nccc(F)c1/C=N\OC(C)(C)C. The topological polar surface area (TPSA) is 120 Å². The van der Waals surface area contributed by atoms with E-state index in [0.29, 0.717) is 28.0 Å². The lowest BCUT2D eigenvalue weighted by Crippen LogP contribution is -2.36. The maximum Gasteiger partial charge on any atom is 0.270 e. The van der Waals surface area contributed by atoms with Crippen LogP contribution in [-0.4, -0.2) is 39.4 Å². The molecule has 0 aromatic carbocycles. The highest BCUT2D eigenvalue weighted by Crippen LogP contribution is 2.32. The number of nitriles is 2. The summed E-state index contributed by atoms with van der Waals surface area (Å²) in [4.78, 5) is 28.1. The van der Waals surface area contributed by atoms with E-state index in [-0.39, 0.29) is 34.3 Å². The number of pyridine rings is 3. The average molecular weight is 532 g/mol. The number of hydrogen-bond donors (Lipinski definition) is 0. The number of aryl methyl sites for hydroxylation is 2. The Balaban J connectivity index is 0.000000242. The fourth-order valence-electron chi connectivity index (χ4n) is 4.49. The van der Waals surface area contributed by atoms with Gasteiger partial charge in [-0.3, -0.25) is 9.78 Å². The van der Waals surface area contributed by atoms with Gasteiger partial charge >= 0.3 is 0 Å². The summed E-state index contributed by atoms with van der Waals surface area (Å²) in [5, 5.41) is 22.5. The third kappa shape index (κ3) is 6.97. The van der Waals surface area contributed by atoms with Crippen molar-refractivity contribution in [3.63, 3.8) is 0 Å². The van der Waals surface area contributed by atoms with Crippen LogP contribution in [0.5, 0.6) is 0 Å². The zero-order valence-electron chi connectivity index (χ0n) is 23.3. The number of anilines is 1. The molecule has 0 spiro atoms. The fourth-order valence-corrected chi connectivity index (χ4v) is 4.49. The van der Waals surface area contributed by atoms with Crippen molar-refractivity contribution in [2.75, 3.05) is 11.9 Å². The summed E-state index contributed by atoms with van der Waals surface area (Å²) in [5.74, 6) is -0.344. The number of halogens is 1. The molecule has 0 amide bonds. The van der Waals surface area contributed by atoms with Crippen LogP contribution in [0.4, 0.5) is 10.1 Å². The van der Waals surface area contributed by atoms with Crippen molar-refractivity contribution >= 4 is 22.9 Å². The van der Waals surface area contributed by atoms with Gasteiger partial charge in [-0.05, 0) is 58.7 Å². The van der Waals surface area contributed by atoms with Crippen molar-refractivity contribution in [1.82, 2.24) is 14.5 Å². The minimum absolute atomic E-state index is 0.0978. The molecule has 3 aromatic rings. The normalized spacial score (nSPS) is 13.9. The van der Waals surface area contributed by atoms with Crippen LogP contribution < -0.4 is 10.5 Å². The first-order valence-electron chi connectivity index (χ1n) is 12.9. The van der Waals surface area contributed by atoms with Gasteiger partial charge in [0.15, 0.2) is 0 Å². The molecule has 1 aliphatic carbocycles. The zero-order valence-corrected chi connectivity index (χ0v) is 23.3. The van der Waals surface area contributed by atoms with E-state index in [4.69, 9.17) is 10.1 Å². The molecule has 1 aliphatic rings. The van der Waals surface area contributed by atoms with E-state index in [2.05, 4.69) is 21.2 Å². The molecular formula is C29H34FN7O2. The standard InChI is InChI=1S/C18H19N5O.C11H15FN2O/c1-22(13-6-4-3-5-7-13)17-14(11-20)18(24)23(2)15-9-8-12(10-19)21-16(15)17;1-8-9(10(12)5-6-13-8)7-14-15-11(2,3)4/h8-9,13H,3-7H2,1-2H3;5-7H,1-4H3/b;14-7-. The number of nitrogens with zero attached hydrogens (tertiary/aromatic N) is 7. The second-order valence-electron chi connectivity index (χ2n) is 10.5. The van der Waals surface area contributed by atoms with Crippen molar-refractivity contribution in [3.8, 4) is 12.1 Å². The van der Waals surface area contributed by atoms with E-state index in [1.54, 1.807) is 26.1 Å². The van der Waals surface area contributed by atoms with Gasteiger partial charge in [-0.1, -0.05) is 24.4 Å². The Hall–Kier alpha value is -4.31. The average Bonchev–Trinajstić information content (AvgIpc) is 2.91. The number of rotatable bonds is 4. The molecule has 204 valence electrons. The molecule has 4 rings (SSSR count). The lowest BCUT2D eigenvalue weighted by Gasteiger charge is -2.33. The van der Waals surface area contributed by atoms with Gasteiger partial charge in [-0.2, -0.15) is 10.5 Å². The Labute approximate surface area is 228 Å². The number of hydrogen-bond acceptors (Lipinski definition) is 8. The van der Waals surface area contributed by atoms with Crippen LogP contribution in [0.3, 0.4) is 0 Å². The largest absolute Gasteiger partial charge is 0.390 e. The van der Waals surface area contributed by atoms with Gasteiger partial charge in [0.05, 0.1) is 23.0 Å². The third-order valence-corrected chi connectivity index (χ3v) is 6.56. The van der Waals surface area contributed by atoms with Gasteiger partial charge in [0.1, 0.15) is 40.3 Å². The molecule has 10 heteroatoms. The quantitative estimate of drug-likeness (QED) is 0.338. The van der Waals surface area contributed by atoms with Crippen LogP contribution in [0.15, 0.2) is 34.3 Å². The predicted octanol–water partition coefficient (Wildman–Crippen LogP) is 5.12. The number of oxime groups is 1. The highest BCUT2D eigenvalue weighted by Gasteiger charge is 2.25. The molecule has 1 saturated carbocycles. The first-order chi connectivity index (χ1) is 18.5. The molecule has 0 N–H and O–H groups in total. The molecule has 0 atom stereocenters. The Bertz CT molecular complexity index is 1480. The maximum absolute atomic E-state index is 13.3. The van der Waals surface area contributed by atoms with E-state index < -0.39 is 0 Å². The molecule has 0 bridgehead atoms. The molecule has 3 heterocycles. The third-order valence-electron chi connectivity index (χ3n) is 6.56. The molecule has 0 radical (unpaired) electrons. The molecular weight excluding hydrogens is 497 g/mol. The number of aromatic nitrogens is 3. The summed E-state index contributed by atoms with van der Waals surface area (Å²) in [7, 11) is 3.55. The molecule has 0 aliphatic heterocycles. The first-order valence-corrected chi connectivity index (χ1v) is 12.9. The summed E-state index contributed by atoms with van der Waals surface area (Å²) >= 11 is 0. The minimum atomic E-state index is -0.372. The van der Waals surface area contributed by atoms with E-state index in [9.17, 15) is 14.4 Å². The van der Waals surface area contributed by atoms with Crippen molar-refractivity contribution in [2.45, 2.75) is 71.4 Å². The van der Waals surface area contributed by atoms with E-state index in [0.717, 1.165) is 25.7 Å². The predicted molar refractivity (Wildman–Crippen MR) is 149 cm³/mol. The summed E-state index contributed by atoms with van der Waals surface area (Å²) in [6.45, 7) is 7.34. The van der Waals surface area contributed by atoms with Crippen molar-refractivity contribution in [1.29, 1.82) is 10.5 Å². The number of fused-ring (bicyclic) bond motifs is 1. The summed E-state index contributed by atoms with van der Waals surface area (Å²) in [6, 6.07) is 9.00. The summed E-state index contributed by atoms with van der Waals surface area (Å²) < 4.78 is 14.7. The van der Waals surface area contributed by atoms with Crippen molar-refractivity contribution < 1.29 is 9.23 Å². The highest BCUT2D eigenvalue weighted by molar-refractivity contribution is 5.92. The first kappa shape index (κ1) is 29.2. The lowest BCUT2D eigenvalue weighted by atomic mass is 9.93.